The number of ether oxygens (including phenoxy) is 2. The molecule has 5 aromatic carbocycles. The van der Waals surface area contributed by atoms with E-state index in [9.17, 15) is 23.1 Å². The van der Waals surface area contributed by atoms with Crippen molar-refractivity contribution in [3.8, 4) is 17.2 Å². The number of aromatic hydroxyl groups is 1. The number of aromatic carboxylic acids is 1. The minimum absolute atomic E-state index is 0. The van der Waals surface area contributed by atoms with Crippen LogP contribution in [0.5, 0.6) is 17.2 Å². The number of carbonyl (C=O) groups is 2. The summed E-state index contributed by atoms with van der Waals surface area (Å²) in [5.41, 5.74) is 2.46. The number of aliphatic hydroxyl groups is 2. The number of sulfone groups is 1. The second kappa shape index (κ2) is 24.8. The van der Waals surface area contributed by atoms with Gasteiger partial charge in [0, 0.05) is 25.7 Å². The molecule has 0 saturated carbocycles. The molecule has 2 atom stereocenters. The summed E-state index contributed by atoms with van der Waals surface area (Å²) in [7, 11) is 2.21. The topological polar surface area (TPSA) is 189 Å². The first-order chi connectivity index (χ1) is 27.2. The van der Waals surface area contributed by atoms with E-state index in [1.807, 2.05) is 36.4 Å². The van der Waals surface area contributed by atoms with Crippen molar-refractivity contribution >= 4 is 38.8 Å². The maximum atomic E-state index is 12.9. The summed E-state index contributed by atoms with van der Waals surface area (Å²) in [6.07, 6.45) is -0.861. The van der Waals surface area contributed by atoms with E-state index in [4.69, 9.17) is 24.8 Å². The molecule has 1 aliphatic heterocycles. The number of nitrogens with zero attached hydrogens (tertiary/aromatic N) is 2. The van der Waals surface area contributed by atoms with Crippen LogP contribution in [0.2, 0.25) is 0 Å². The van der Waals surface area contributed by atoms with Gasteiger partial charge in [-0.25, -0.2) is 8.42 Å². The third-order valence-corrected chi connectivity index (χ3v) is 9.82. The normalized spacial score (nSPS) is 12.7. The molecule has 0 saturated heterocycles. The number of amides is 1. The Morgan fingerprint density at radius 2 is 1.31 bits per heavy atom. The fourth-order valence-corrected chi connectivity index (χ4v) is 7.21. The quantitative estimate of drug-likeness (QED) is 0.112. The second-order valence-electron chi connectivity index (χ2n) is 13.1. The molecule has 0 fully saturated rings. The summed E-state index contributed by atoms with van der Waals surface area (Å²) < 4.78 is 36.0. The van der Waals surface area contributed by atoms with Crippen LogP contribution in [0.4, 0.5) is 17.1 Å². The smallest absolute Gasteiger partial charge is 0.545 e. The standard InChI is InChI=1S/C18H22N2O2S.C10H14O4.C8H9NO2.C7H6O2.Na/c1-14(12-19(2)3)13-20-15-8-4-6-10-17(15)23(21,22)18-11-7-5-9-16(18)20;1-13-9-4-2-3-5-10(9)14-7-8(12)6-11;1-6(10)9-7-2-4-8(11)5-3-7;8-7(9)6-4-2-1-3-5-6;/h4-11,14H,12-13H2,1-3H3;2-5,8,11-12H,6-7H2,1H3;2-5,11H,1H3,(H,9,10);1-5H,(H,8,9);/q;;;;+1/p-1. The van der Waals surface area contributed by atoms with Crippen molar-refractivity contribution in [1.82, 2.24) is 4.90 Å². The first-order valence-corrected chi connectivity index (χ1v) is 19.4. The molecule has 1 heterocycles. The Hall–Kier alpha value is -4.93. The monoisotopic (exact) mass is 823 g/mol. The van der Waals surface area contributed by atoms with Crippen molar-refractivity contribution < 1.29 is 77.5 Å². The minimum Gasteiger partial charge on any atom is -0.545 e. The van der Waals surface area contributed by atoms with E-state index in [1.165, 1.54) is 31.2 Å². The van der Waals surface area contributed by atoms with E-state index >= 15 is 0 Å². The molecule has 15 heteroatoms. The van der Waals surface area contributed by atoms with Crippen LogP contribution in [-0.4, -0.2) is 94.1 Å². The average molecular weight is 824 g/mol. The summed E-state index contributed by atoms with van der Waals surface area (Å²) in [5.74, 6) is 0.525. The number of methoxy groups -OCH3 is 1. The zero-order chi connectivity index (χ0) is 42.0. The number of carboxylic acids is 1. The van der Waals surface area contributed by atoms with E-state index in [2.05, 4.69) is 36.1 Å². The number of benzene rings is 5. The number of rotatable bonds is 11. The maximum Gasteiger partial charge on any atom is 1.00 e. The third-order valence-electron chi connectivity index (χ3n) is 7.97. The average Bonchev–Trinajstić information content (AvgIpc) is 3.20. The fourth-order valence-electron chi connectivity index (χ4n) is 5.55. The number of carbonyl (C=O) groups excluding carboxylic acids is 2. The second-order valence-corrected chi connectivity index (χ2v) is 15.0. The van der Waals surface area contributed by atoms with Crippen LogP contribution in [0.3, 0.4) is 0 Å². The first kappa shape index (κ1) is 49.2. The molecule has 0 spiro atoms. The Morgan fingerprint density at radius 3 is 1.78 bits per heavy atom. The van der Waals surface area contributed by atoms with Gasteiger partial charge in [0.05, 0.1) is 40.9 Å². The van der Waals surface area contributed by atoms with Gasteiger partial charge >= 0.3 is 29.6 Å². The fraction of sp³-hybridized carbons (Fsp3) is 0.256. The van der Waals surface area contributed by atoms with E-state index in [-0.39, 0.29) is 60.0 Å². The molecular weight excluding hydrogens is 774 g/mol. The molecule has 58 heavy (non-hydrogen) atoms. The van der Waals surface area contributed by atoms with Gasteiger partial charge in [0.2, 0.25) is 15.7 Å². The van der Waals surface area contributed by atoms with E-state index in [0.29, 0.717) is 32.9 Å². The number of anilines is 3. The van der Waals surface area contributed by atoms with Crippen LogP contribution >= 0.6 is 0 Å². The van der Waals surface area contributed by atoms with Crippen LogP contribution in [0.1, 0.15) is 24.2 Å². The molecular formula is C43H50N3NaO10S. The van der Waals surface area contributed by atoms with Gasteiger partial charge in [-0.2, -0.15) is 0 Å². The van der Waals surface area contributed by atoms with Crippen LogP contribution in [-0.2, 0) is 14.6 Å². The predicted molar refractivity (Wildman–Crippen MR) is 218 cm³/mol. The van der Waals surface area contributed by atoms with Crippen LogP contribution in [0.25, 0.3) is 0 Å². The van der Waals surface area contributed by atoms with Gasteiger partial charge in [0.15, 0.2) is 11.5 Å². The van der Waals surface area contributed by atoms with Gasteiger partial charge in [-0.3, -0.25) is 4.79 Å². The molecule has 2 unspecified atom stereocenters. The van der Waals surface area contributed by atoms with Gasteiger partial charge in [-0.15, -0.1) is 0 Å². The third kappa shape index (κ3) is 15.4. The number of hydrogen-bond acceptors (Lipinski definition) is 12. The molecule has 0 radical (unpaired) electrons. The number of hydrogen-bond donors (Lipinski definition) is 4. The molecule has 13 nitrogen and oxygen atoms in total. The van der Waals surface area contributed by atoms with Crippen LogP contribution in [0.15, 0.2) is 137 Å². The van der Waals surface area contributed by atoms with Gasteiger partial charge in [0.25, 0.3) is 0 Å². The molecule has 5 aromatic rings. The Labute approximate surface area is 362 Å². The summed E-state index contributed by atoms with van der Waals surface area (Å²) >= 11 is 0. The maximum absolute atomic E-state index is 12.9. The van der Waals surface area contributed by atoms with Gasteiger partial charge in [-0.1, -0.05) is 73.7 Å². The van der Waals surface area contributed by atoms with Gasteiger partial charge < -0.3 is 49.8 Å². The Morgan fingerprint density at radius 1 is 0.810 bits per heavy atom. The number of para-hydroxylation sites is 4. The van der Waals surface area contributed by atoms with Crippen molar-refractivity contribution in [1.29, 1.82) is 0 Å². The molecule has 304 valence electrons. The van der Waals surface area contributed by atoms with Crippen molar-refractivity contribution in [2.24, 2.45) is 5.92 Å². The van der Waals surface area contributed by atoms with Crippen LogP contribution in [0, 0.1) is 5.92 Å². The number of aliphatic hydroxyl groups excluding tert-OH is 2. The van der Waals surface area contributed by atoms with Crippen molar-refractivity contribution in [2.75, 3.05) is 57.7 Å². The molecule has 0 bridgehead atoms. The van der Waals surface area contributed by atoms with Gasteiger partial charge in [-0.05, 0) is 86.2 Å². The number of nitrogens with one attached hydrogen (secondary N) is 1. The van der Waals surface area contributed by atoms with E-state index in [1.54, 1.807) is 73.8 Å². The number of phenolic OH excluding ortho intramolecular Hbond substituents is 1. The number of fused-ring (bicyclic) bond motifs is 2. The molecule has 1 aliphatic rings. The predicted octanol–water partition coefficient (Wildman–Crippen LogP) is 2.00. The summed E-state index contributed by atoms with van der Waals surface area (Å²) in [6, 6.07) is 36.1. The zero-order valence-electron chi connectivity index (χ0n) is 33.6. The SMILES string of the molecule is CC(=O)Nc1ccc(O)cc1.CC(CN(C)C)CN1c2ccccc2S(=O)(=O)c2ccccc21.COc1ccccc1OCC(O)CO.O=C([O-])c1ccccc1.[Na+]. The van der Waals surface area contributed by atoms with E-state index in [0.717, 1.165) is 24.5 Å². The Kier molecular flexibility index (Phi) is 21.0. The minimum atomic E-state index is -3.45. The largest absolute Gasteiger partial charge is 1.00 e. The number of phenols is 1. The Bertz CT molecular complexity index is 2070. The molecule has 0 aliphatic carbocycles. The summed E-state index contributed by atoms with van der Waals surface area (Å²) in [4.78, 5) is 25.7. The summed E-state index contributed by atoms with van der Waals surface area (Å²) in [5, 5.41) is 39.2. The van der Waals surface area contributed by atoms with Crippen LogP contribution < -0.4 is 54.4 Å². The first-order valence-electron chi connectivity index (χ1n) is 17.9. The molecule has 4 N–H and O–H groups in total. The Balaban J connectivity index is 0.000000285. The van der Waals surface area contributed by atoms with Crippen molar-refractivity contribution in [2.45, 2.75) is 29.7 Å². The molecule has 1 amide bonds. The van der Waals surface area contributed by atoms with Gasteiger partial charge in [0.1, 0.15) is 18.5 Å². The van der Waals surface area contributed by atoms with Crippen molar-refractivity contribution in [3.05, 3.63) is 133 Å². The zero-order valence-corrected chi connectivity index (χ0v) is 36.4. The number of carboxylic acid groups (broad SMARTS) is 1. The molecule has 6 rings (SSSR count). The summed E-state index contributed by atoms with van der Waals surface area (Å²) in [6.45, 7) is 5.10. The molecule has 0 aromatic heterocycles. The van der Waals surface area contributed by atoms with E-state index < -0.39 is 21.9 Å². The van der Waals surface area contributed by atoms with Crippen molar-refractivity contribution in [3.63, 3.8) is 0 Å².